The molecule has 2 N–H and O–H groups in total. The van der Waals surface area contributed by atoms with Crippen LogP contribution >= 0.6 is 0 Å². The molecule has 0 bridgehead atoms. The van der Waals surface area contributed by atoms with Gasteiger partial charge in [0.2, 0.25) is 0 Å². The SMILES string of the molecule is CC(C)[C@H](C[C@H](O)[C@H](CC1CCCCC1)NC(=O)OC(C)(C)C)OCc1ccccc1. The summed E-state index contributed by atoms with van der Waals surface area (Å²) in [7, 11) is 0. The van der Waals surface area contributed by atoms with Crippen LogP contribution in [0.15, 0.2) is 30.3 Å². The lowest BCUT2D eigenvalue weighted by Crippen LogP contribution is -2.48. The Morgan fingerprint density at radius 1 is 1.13 bits per heavy atom. The third-order valence-corrected chi connectivity index (χ3v) is 6.00. The molecule has 1 aliphatic rings. The highest BCUT2D eigenvalue weighted by molar-refractivity contribution is 5.68. The molecule has 1 saturated carbocycles. The van der Waals surface area contributed by atoms with Crippen molar-refractivity contribution < 1.29 is 19.4 Å². The second kappa shape index (κ2) is 12.4. The van der Waals surface area contributed by atoms with Gasteiger partial charge < -0.3 is 19.9 Å². The predicted octanol–water partition coefficient (Wildman–Crippen LogP) is 5.84. The van der Waals surface area contributed by atoms with Crippen LogP contribution in [0.25, 0.3) is 0 Å². The molecule has 0 spiro atoms. The second-order valence-corrected chi connectivity index (χ2v) is 10.4. The van der Waals surface area contributed by atoms with Gasteiger partial charge in [-0.1, -0.05) is 76.3 Å². The molecule has 1 fully saturated rings. The molecular formula is C26H43NO4. The van der Waals surface area contributed by atoms with Gasteiger partial charge in [0.05, 0.1) is 24.9 Å². The number of nitrogens with one attached hydrogen (secondary N) is 1. The molecule has 2 rings (SSSR count). The maximum absolute atomic E-state index is 12.5. The number of carbonyl (C=O) groups is 1. The minimum absolute atomic E-state index is 0.0931. The van der Waals surface area contributed by atoms with Crippen molar-refractivity contribution in [2.75, 3.05) is 0 Å². The van der Waals surface area contributed by atoms with Crippen LogP contribution in [-0.2, 0) is 16.1 Å². The number of benzene rings is 1. The number of aliphatic hydroxyl groups excluding tert-OH is 1. The Morgan fingerprint density at radius 2 is 1.77 bits per heavy atom. The summed E-state index contributed by atoms with van der Waals surface area (Å²) >= 11 is 0. The molecule has 176 valence electrons. The van der Waals surface area contributed by atoms with Crippen molar-refractivity contribution in [2.24, 2.45) is 11.8 Å². The van der Waals surface area contributed by atoms with Crippen LogP contribution in [0.4, 0.5) is 4.79 Å². The van der Waals surface area contributed by atoms with Gasteiger partial charge in [-0.3, -0.25) is 0 Å². The quantitative estimate of drug-likeness (QED) is 0.486. The van der Waals surface area contributed by atoms with Gasteiger partial charge in [0.15, 0.2) is 0 Å². The average molecular weight is 434 g/mol. The Kier molecular flexibility index (Phi) is 10.3. The van der Waals surface area contributed by atoms with Gasteiger partial charge >= 0.3 is 6.09 Å². The van der Waals surface area contributed by atoms with Crippen molar-refractivity contribution in [3.8, 4) is 0 Å². The molecule has 0 unspecified atom stereocenters. The standard InChI is InChI=1S/C26H43NO4/c1-19(2)24(30-18-21-14-10-7-11-15-21)17-23(28)22(16-20-12-8-6-9-13-20)27-25(29)31-26(3,4)5/h7,10-11,14-15,19-20,22-24,28H,6,8-9,12-13,16-18H2,1-5H3,(H,27,29)/t22-,23-,24-/m0/s1. The van der Waals surface area contributed by atoms with Crippen molar-refractivity contribution >= 4 is 6.09 Å². The number of aliphatic hydroxyl groups is 1. The molecule has 0 aliphatic heterocycles. The molecule has 5 heteroatoms. The molecular weight excluding hydrogens is 390 g/mol. The lowest BCUT2D eigenvalue weighted by atomic mass is 9.82. The van der Waals surface area contributed by atoms with Crippen LogP contribution in [0, 0.1) is 11.8 Å². The highest BCUT2D eigenvalue weighted by Crippen LogP contribution is 2.29. The Morgan fingerprint density at radius 3 is 2.35 bits per heavy atom. The molecule has 0 saturated heterocycles. The zero-order valence-electron chi connectivity index (χ0n) is 20.1. The third-order valence-electron chi connectivity index (χ3n) is 6.00. The number of carbonyl (C=O) groups excluding carboxylic acids is 1. The van der Waals surface area contributed by atoms with Crippen LogP contribution < -0.4 is 5.32 Å². The van der Waals surface area contributed by atoms with Gasteiger partial charge in [0.1, 0.15) is 5.60 Å². The van der Waals surface area contributed by atoms with E-state index in [4.69, 9.17) is 9.47 Å². The number of hydrogen-bond acceptors (Lipinski definition) is 4. The third kappa shape index (κ3) is 10.0. The van der Waals surface area contributed by atoms with Crippen LogP contribution in [0.5, 0.6) is 0 Å². The lowest BCUT2D eigenvalue weighted by molar-refractivity contribution is -0.0321. The maximum atomic E-state index is 12.5. The zero-order chi connectivity index (χ0) is 22.9. The monoisotopic (exact) mass is 433 g/mol. The first-order valence-electron chi connectivity index (χ1n) is 12.0. The van der Waals surface area contributed by atoms with E-state index >= 15 is 0 Å². The van der Waals surface area contributed by atoms with E-state index in [1.807, 2.05) is 51.1 Å². The summed E-state index contributed by atoms with van der Waals surface area (Å²) in [5.41, 5.74) is 0.553. The molecule has 1 aromatic rings. The summed E-state index contributed by atoms with van der Waals surface area (Å²) in [4.78, 5) is 12.5. The van der Waals surface area contributed by atoms with Gasteiger partial charge in [-0.15, -0.1) is 0 Å². The fourth-order valence-electron chi connectivity index (χ4n) is 4.27. The van der Waals surface area contributed by atoms with Crippen LogP contribution in [0.2, 0.25) is 0 Å². The molecule has 0 radical (unpaired) electrons. The molecule has 3 atom stereocenters. The molecule has 0 heterocycles. The first-order valence-corrected chi connectivity index (χ1v) is 12.0. The Labute approximate surface area is 188 Å². The normalized spacial score (nSPS) is 18.4. The molecule has 1 aliphatic carbocycles. The highest BCUT2D eigenvalue weighted by atomic mass is 16.6. The van der Waals surface area contributed by atoms with E-state index < -0.39 is 17.8 Å². The molecule has 1 aromatic carbocycles. The Hall–Kier alpha value is -1.59. The highest BCUT2D eigenvalue weighted by Gasteiger charge is 2.30. The predicted molar refractivity (Wildman–Crippen MR) is 125 cm³/mol. The largest absolute Gasteiger partial charge is 0.444 e. The minimum Gasteiger partial charge on any atom is -0.444 e. The summed E-state index contributed by atoms with van der Waals surface area (Å²) in [6, 6.07) is 9.75. The smallest absolute Gasteiger partial charge is 0.407 e. The fraction of sp³-hybridized carbons (Fsp3) is 0.731. The molecule has 5 nitrogen and oxygen atoms in total. The van der Waals surface area contributed by atoms with E-state index in [0.717, 1.165) is 24.8 Å². The van der Waals surface area contributed by atoms with Crippen molar-refractivity contribution in [2.45, 2.75) is 110 Å². The van der Waals surface area contributed by atoms with Crippen LogP contribution in [0.3, 0.4) is 0 Å². The van der Waals surface area contributed by atoms with Crippen molar-refractivity contribution in [1.82, 2.24) is 5.32 Å². The summed E-state index contributed by atoms with van der Waals surface area (Å²) in [5, 5.41) is 14.1. The summed E-state index contributed by atoms with van der Waals surface area (Å²) in [6.45, 7) is 10.3. The van der Waals surface area contributed by atoms with Crippen molar-refractivity contribution in [3.05, 3.63) is 35.9 Å². The van der Waals surface area contributed by atoms with Gasteiger partial charge in [0.25, 0.3) is 0 Å². The van der Waals surface area contributed by atoms with Gasteiger partial charge in [-0.05, 0) is 44.6 Å². The molecule has 1 amide bonds. The number of rotatable bonds is 10. The number of hydrogen-bond donors (Lipinski definition) is 2. The Bertz CT molecular complexity index is 635. The van der Waals surface area contributed by atoms with E-state index in [-0.39, 0.29) is 18.1 Å². The van der Waals surface area contributed by atoms with E-state index in [0.29, 0.717) is 18.9 Å². The maximum Gasteiger partial charge on any atom is 0.407 e. The first-order chi connectivity index (χ1) is 14.6. The van der Waals surface area contributed by atoms with Crippen LogP contribution in [-0.4, -0.2) is 35.1 Å². The van der Waals surface area contributed by atoms with E-state index in [1.54, 1.807) is 0 Å². The van der Waals surface area contributed by atoms with Crippen molar-refractivity contribution in [3.63, 3.8) is 0 Å². The first kappa shape index (κ1) is 25.7. The lowest BCUT2D eigenvalue weighted by Gasteiger charge is -2.33. The van der Waals surface area contributed by atoms with Gasteiger partial charge in [-0.25, -0.2) is 4.79 Å². The minimum atomic E-state index is -0.683. The van der Waals surface area contributed by atoms with Crippen molar-refractivity contribution in [1.29, 1.82) is 0 Å². The summed E-state index contributed by atoms with van der Waals surface area (Å²) in [5.74, 6) is 0.793. The van der Waals surface area contributed by atoms with Gasteiger partial charge in [0, 0.05) is 6.42 Å². The number of ether oxygens (including phenoxy) is 2. The zero-order valence-corrected chi connectivity index (χ0v) is 20.1. The van der Waals surface area contributed by atoms with E-state index in [9.17, 15) is 9.90 Å². The molecule has 0 aromatic heterocycles. The van der Waals surface area contributed by atoms with E-state index in [2.05, 4.69) is 19.2 Å². The van der Waals surface area contributed by atoms with Gasteiger partial charge in [-0.2, -0.15) is 0 Å². The number of amides is 1. The summed E-state index contributed by atoms with van der Waals surface area (Å²) in [6.07, 6.45) is 6.10. The number of alkyl carbamates (subject to hydrolysis) is 1. The Balaban J connectivity index is 2.01. The van der Waals surface area contributed by atoms with Crippen LogP contribution in [0.1, 0.15) is 85.1 Å². The van der Waals surface area contributed by atoms with E-state index in [1.165, 1.54) is 19.3 Å². The topological polar surface area (TPSA) is 67.8 Å². The molecule has 31 heavy (non-hydrogen) atoms. The summed E-state index contributed by atoms with van der Waals surface area (Å²) < 4.78 is 11.7. The fourth-order valence-corrected chi connectivity index (χ4v) is 4.27. The second-order valence-electron chi connectivity index (χ2n) is 10.4. The average Bonchev–Trinajstić information content (AvgIpc) is 2.70.